The van der Waals surface area contributed by atoms with Crippen LogP contribution in [0.4, 0.5) is 5.82 Å². The minimum atomic E-state index is -0.228. The number of hydrogen-bond donors (Lipinski definition) is 1. The molecule has 1 N–H and O–H groups in total. The van der Waals surface area contributed by atoms with Gasteiger partial charge in [0.15, 0.2) is 0 Å². The van der Waals surface area contributed by atoms with E-state index >= 15 is 0 Å². The first-order valence-electron chi connectivity index (χ1n) is 11.9. The molecule has 3 aromatic rings. The molecule has 2 saturated carbocycles. The zero-order valence-electron chi connectivity index (χ0n) is 19.4. The fraction of sp³-hybridized carbons (Fsp3) is 0.346. The van der Waals surface area contributed by atoms with E-state index in [-0.39, 0.29) is 5.91 Å². The average molecular weight is 456 g/mol. The molecule has 2 aliphatic carbocycles. The van der Waals surface area contributed by atoms with Gasteiger partial charge in [0.1, 0.15) is 5.82 Å². The highest BCUT2D eigenvalue weighted by molar-refractivity contribution is 6.04. The van der Waals surface area contributed by atoms with Crippen molar-refractivity contribution in [2.75, 3.05) is 18.4 Å². The van der Waals surface area contributed by atoms with Gasteiger partial charge in [0, 0.05) is 30.3 Å². The van der Waals surface area contributed by atoms with Crippen molar-refractivity contribution in [2.24, 2.45) is 4.99 Å². The molecule has 1 amide bonds. The van der Waals surface area contributed by atoms with Crippen molar-refractivity contribution in [2.45, 2.75) is 44.6 Å². The minimum absolute atomic E-state index is 0.228. The maximum absolute atomic E-state index is 13.0. The van der Waals surface area contributed by atoms with Gasteiger partial charge >= 0.3 is 0 Å². The summed E-state index contributed by atoms with van der Waals surface area (Å²) in [7, 11) is 0. The topological polar surface area (TPSA) is 88.3 Å². The van der Waals surface area contributed by atoms with Gasteiger partial charge in [-0.1, -0.05) is 23.9 Å². The van der Waals surface area contributed by atoms with Gasteiger partial charge in [0.05, 0.1) is 35.5 Å². The van der Waals surface area contributed by atoms with Crippen LogP contribution in [0.3, 0.4) is 0 Å². The smallest absolute Gasteiger partial charge is 0.256 e. The second kappa shape index (κ2) is 9.59. The highest BCUT2D eigenvalue weighted by Gasteiger charge is 2.30. The Morgan fingerprint density at radius 3 is 2.82 bits per heavy atom. The van der Waals surface area contributed by atoms with Crippen LogP contribution in [0.15, 0.2) is 60.2 Å². The van der Waals surface area contributed by atoms with E-state index in [0.29, 0.717) is 29.9 Å². The lowest BCUT2D eigenvalue weighted by Crippen LogP contribution is -2.26. The van der Waals surface area contributed by atoms with Crippen LogP contribution in [-0.4, -0.2) is 56.1 Å². The first-order valence-corrected chi connectivity index (χ1v) is 11.9. The fourth-order valence-corrected chi connectivity index (χ4v) is 3.90. The van der Waals surface area contributed by atoms with E-state index in [2.05, 4.69) is 37.1 Å². The molecule has 5 rings (SSSR count). The predicted molar refractivity (Wildman–Crippen MR) is 133 cm³/mol. The molecule has 2 heterocycles. The lowest BCUT2D eigenvalue weighted by atomic mass is 10.2. The number of amides is 1. The van der Waals surface area contributed by atoms with Crippen LogP contribution >= 0.6 is 0 Å². The van der Waals surface area contributed by atoms with E-state index in [4.69, 9.17) is 0 Å². The Hall–Kier alpha value is -3.81. The number of benzene rings is 1. The molecule has 0 spiro atoms. The molecule has 2 aromatic heterocycles. The molecule has 0 aliphatic heterocycles. The zero-order valence-corrected chi connectivity index (χ0v) is 19.4. The SMILES string of the molecule is C=C(c1cccc(NC(=O)c2cccc(-n3cc(C4CC4)nn3)c2)n1)N(CC=NCC)C1CC1. The number of anilines is 1. The highest BCUT2D eigenvalue weighted by atomic mass is 16.1. The maximum atomic E-state index is 13.0. The van der Waals surface area contributed by atoms with Gasteiger partial charge < -0.3 is 10.2 Å². The maximum Gasteiger partial charge on any atom is 0.256 e. The van der Waals surface area contributed by atoms with Crippen LogP contribution < -0.4 is 5.32 Å². The second-order valence-corrected chi connectivity index (χ2v) is 8.79. The number of nitrogens with zero attached hydrogens (tertiary/aromatic N) is 6. The standard InChI is InChI=1S/C26H29N7O/c1-3-27-14-15-32(21-12-13-21)18(2)23-8-5-9-25(28-23)29-26(34)20-6-4-7-22(16-20)33-17-24(30-31-33)19-10-11-19/h4-9,14,16-17,19,21H,2-3,10-13,15H2,1H3,(H,28,29,34). The molecule has 0 bridgehead atoms. The third kappa shape index (κ3) is 5.06. The first kappa shape index (κ1) is 22.0. The molecule has 1 aromatic carbocycles. The lowest BCUT2D eigenvalue weighted by molar-refractivity contribution is 0.102. The number of rotatable bonds is 10. The van der Waals surface area contributed by atoms with E-state index in [9.17, 15) is 4.79 Å². The Morgan fingerprint density at radius 1 is 1.24 bits per heavy atom. The Kier molecular flexibility index (Phi) is 6.20. The second-order valence-electron chi connectivity index (χ2n) is 8.79. The van der Waals surface area contributed by atoms with Gasteiger partial charge in [0.25, 0.3) is 5.91 Å². The van der Waals surface area contributed by atoms with Crippen LogP contribution in [0.25, 0.3) is 11.4 Å². The van der Waals surface area contributed by atoms with Crippen molar-refractivity contribution in [3.8, 4) is 5.69 Å². The Bertz CT molecular complexity index is 1220. The van der Waals surface area contributed by atoms with Crippen molar-refractivity contribution < 1.29 is 4.79 Å². The van der Waals surface area contributed by atoms with E-state index in [1.165, 1.54) is 12.8 Å². The summed E-state index contributed by atoms with van der Waals surface area (Å²) in [5.41, 5.74) is 3.94. The summed E-state index contributed by atoms with van der Waals surface area (Å²) in [6, 6.07) is 13.4. The summed E-state index contributed by atoms with van der Waals surface area (Å²) >= 11 is 0. The Labute approximate surface area is 199 Å². The fourth-order valence-electron chi connectivity index (χ4n) is 3.90. The number of aromatic nitrogens is 4. The quantitative estimate of drug-likeness (QED) is 0.460. The van der Waals surface area contributed by atoms with Gasteiger partial charge in [-0.3, -0.25) is 9.79 Å². The summed E-state index contributed by atoms with van der Waals surface area (Å²) in [4.78, 5) is 24.2. The first-order chi connectivity index (χ1) is 16.6. The number of hydrogen-bond acceptors (Lipinski definition) is 6. The van der Waals surface area contributed by atoms with E-state index in [0.717, 1.165) is 42.2 Å². The monoisotopic (exact) mass is 455 g/mol. The highest BCUT2D eigenvalue weighted by Crippen LogP contribution is 2.38. The third-order valence-corrected chi connectivity index (χ3v) is 6.09. The van der Waals surface area contributed by atoms with Crippen LogP contribution in [0.5, 0.6) is 0 Å². The van der Waals surface area contributed by atoms with Gasteiger partial charge in [0.2, 0.25) is 0 Å². The largest absolute Gasteiger partial charge is 0.362 e. The van der Waals surface area contributed by atoms with Gasteiger partial charge in [-0.2, -0.15) is 0 Å². The third-order valence-electron chi connectivity index (χ3n) is 6.09. The molecule has 0 unspecified atom stereocenters. The number of pyridine rings is 1. The summed E-state index contributed by atoms with van der Waals surface area (Å²) in [6.07, 6.45) is 8.53. The molecule has 0 atom stereocenters. The normalized spacial score (nSPS) is 15.4. The number of nitrogens with one attached hydrogen (secondary N) is 1. The van der Waals surface area contributed by atoms with E-state index in [1.54, 1.807) is 16.8 Å². The van der Waals surface area contributed by atoms with Crippen molar-refractivity contribution in [1.29, 1.82) is 0 Å². The van der Waals surface area contributed by atoms with Crippen LogP contribution in [0.2, 0.25) is 0 Å². The molecule has 8 nitrogen and oxygen atoms in total. The molecule has 0 radical (unpaired) electrons. The number of carbonyl (C=O) groups is 1. The van der Waals surface area contributed by atoms with Crippen LogP contribution in [0.1, 0.15) is 60.3 Å². The molecule has 2 fully saturated rings. The average Bonchev–Trinajstić information content (AvgIpc) is 3.81. The molecule has 2 aliphatic rings. The number of aliphatic imine (C=N–C) groups is 1. The lowest BCUT2D eigenvalue weighted by Gasteiger charge is -2.24. The minimum Gasteiger partial charge on any atom is -0.362 e. The molecular formula is C26H29N7O. The summed E-state index contributed by atoms with van der Waals surface area (Å²) in [6.45, 7) is 7.79. The molecule has 8 heteroatoms. The van der Waals surface area contributed by atoms with E-state index in [1.807, 2.05) is 49.7 Å². The predicted octanol–water partition coefficient (Wildman–Crippen LogP) is 4.32. The molecular weight excluding hydrogens is 426 g/mol. The van der Waals surface area contributed by atoms with Crippen molar-refractivity contribution >= 4 is 23.6 Å². The van der Waals surface area contributed by atoms with Crippen LogP contribution in [0, 0.1) is 0 Å². The van der Waals surface area contributed by atoms with Crippen molar-refractivity contribution in [3.63, 3.8) is 0 Å². The Balaban J connectivity index is 1.29. The van der Waals surface area contributed by atoms with Gasteiger partial charge in [-0.25, -0.2) is 9.67 Å². The molecule has 34 heavy (non-hydrogen) atoms. The van der Waals surface area contributed by atoms with Crippen molar-refractivity contribution in [3.05, 3.63) is 72.2 Å². The molecule has 0 saturated heterocycles. The molecule has 174 valence electrons. The van der Waals surface area contributed by atoms with E-state index < -0.39 is 0 Å². The zero-order chi connectivity index (χ0) is 23.5. The number of carbonyl (C=O) groups excluding carboxylic acids is 1. The summed E-state index contributed by atoms with van der Waals surface area (Å²) < 4.78 is 1.72. The summed E-state index contributed by atoms with van der Waals surface area (Å²) in [5, 5.41) is 11.4. The van der Waals surface area contributed by atoms with Gasteiger partial charge in [-0.15, -0.1) is 5.10 Å². The summed E-state index contributed by atoms with van der Waals surface area (Å²) in [5.74, 6) is 0.792. The van der Waals surface area contributed by atoms with Crippen LogP contribution in [-0.2, 0) is 0 Å². The van der Waals surface area contributed by atoms with Crippen molar-refractivity contribution in [1.82, 2.24) is 24.9 Å². The van der Waals surface area contributed by atoms with Gasteiger partial charge in [-0.05, 0) is 62.9 Å². The Morgan fingerprint density at radius 2 is 2.06 bits per heavy atom.